The fourth-order valence-electron chi connectivity index (χ4n) is 7.46. The fourth-order valence-corrected chi connectivity index (χ4v) is 7.46. The van der Waals surface area contributed by atoms with Crippen molar-refractivity contribution < 1.29 is 24.5 Å². The molecule has 3 fully saturated rings. The van der Waals surface area contributed by atoms with E-state index in [2.05, 4.69) is 4.90 Å². The van der Waals surface area contributed by atoms with E-state index in [1.54, 1.807) is 6.07 Å². The number of piperidine rings is 1. The Balaban J connectivity index is 0.00000196. The largest absolute Gasteiger partial charge is 0.504 e. The average molecular weight is 439 g/mol. The summed E-state index contributed by atoms with van der Waals surface area (Å²) >= 11 is 0. The lowest BCUT2D eigenvalue weighted by atomic mass is 9.48. The van der Waals surface area contributed by atoms with Crippen LogP contribution in [-0.4, -0.2) is 68.7 Å². The van der Waals surface area contributed by atoms with Crippen molar-refractivity contribution in [1.29, 1.82) is 0 Å². The maximum Gasteiger partial charge on any atom is 0.254 e. The van der Waals surface area contributed by atoms with Gasteiger partial charge in [-0.1, -0.05) is 13.5 Å². The van der Waals surface area contributed by atoms with Crippen LogP contribution < -0.4 is 4.74 Å². The third-order valence-electron chi connectivity index (χ3n) is 8.91. The lowest BCUT2D eigenvalue weighted by Crippen LogP contribution is -2.78. The van der Waals surface area contributed by atoms with Gasteiger partial charge in [-0.15, -0.1) is 0 Å². The standard InChI is InChI=1S/C24H26N2O5.CH4/c27-16-4-3-14-11-17-24(30)8-7-15(26-18(28)5-6-19(26)29)22-23(24,20(14)21(16)31-22)9-10-25(17)12-13-1-2-13;/h3-6,13,15,17,22,27,30H,1-2,7-12H2;1H4/t15-,17-,22+,23+,24-;/m1./s1. The number of rotatable bonds is 3. The van der Waals surface area contributed by atoms with E-state index < -0.39 is 23.2 Å². The summed E-state index contributed by atoms with van der Waals surface area (Å²) in [6.45, 7) is 1.87. The molecule has 170 valence electrons. The number of likely N-dealkylation sites (tertiary alicyclic amines) is 1. The zero-order chi connectivity index (χ0) is 21.1. The first kappa shape index (κ1) is 20.2. The molecule has 1 saturated heterocycles. The highest BCUT2D eigenvalue weighted by Gasteiger charge is 2.74. The molecule has 3 aliphatic carbocycles. The molecule has 5 atom stereocenters. The van der Waals surface area contributed by atoms with Gasteiger partial charge < -0.3 is 14.9 Å². The number of carbonyl (C=O) groups excluding carboxylic acids is 2. The summed E-state index contributed by atoms with van der Waals surface area (Å²) in [6.07, 6.45) is 7.05. The van der Waals surface area contributed by atoms with Gasteiger partial charge in [0.05, 0.1) is 17.1 Å². The van der Waals surface area contributed by atoms with Crippen molar-refractivity contribution in [2.45, 2.75) is 75.2 Å². The van der Waals surface area contributed by atoms with Crippen LogP contribution in [0, 0.1) is 5.92 Å². The molecule has 7 rings (SSSR count). The van der Waals surface area contributed by atoms with E-state index in [4.69, 9.17) is 4.74 Å². The Kier molecular flexibility index (Phi) is 4.02. The van der Waals surface area contributed by atoms with Crippen LogP contribution in [0.15, 0.2) is 24.3 Å². The smallest absolute Gasteiger partial charge is 0.254 e. The number of hydrogen-bond donors (Lipinski definition) is 2. The number of amides is 2. The highest BCUT2D eigenvalue weighted by Crippen LogP contribution is 2.66. The van der Waals surface area contributed by atoms with E-state index in [-0.39, 0.29) is 31.0 Å². The fraction of sp³-hybridized carbons (Fsp3) is 0.600. The molecule has 32 heavy (non-hydrogen) atoms. The molecule has 2 N–H and O–H groups in total. The van der Waals surface area contributed by atoms with Gasteiger partial charge in [0.15, 0.2) is 11.5 Å². The summed E-state index contributed by atoms with van der Waals surface area (Å²) < 4.78 is 6.42. The zero-order valence-corrected chi connectivity index (χ0v) is 17.3. The molecule has 7 heteroatoms. The maximum absolute atomic E-state index is 12.5. The second kappa shape index (κ2) is 6.35. The molecule has 6 aliphatic rings. The number of phenols is 1. The summed E-state index contributed by atoms with van der Waals surface area (Å²) in [5.74, 6) is 0.597. The van der Waals surface area contributed by atoms with Crippen LogP contribution in [-0.2, 0) is 21.4 Å². The first-order chi connectivity index (χ1) is 14.9. The summed E-state index contributed by atoms with van der Waals surface area (Å²) in [5.41, 5.74) is 0.306. The highest BCUT2D eigenvalue weighted by atomic mass is 16.5. The Morgan fingerprint density at radius 1 is 1.09 bits per heavy atom. The van der Waals surface area contributed by atoms with Gasteiger partial charge in [0.1, 0.15) is 6.10 Å². The van der Waals surface area contributed by atoms with Crippen molar-refractivity contribution in [3.8, 4) is 11.5 Å². The molecule has 0 unspecified atom stereocenters. The average Bonchev–Trinajstić information content (AvgIpc) is 3.40. The number of ether oxygens (including phenoxy) is 1. The Bertz CT molecular complexity index is 1050. The Morgan fingerprint density at radius 2 is 1.84 bits per heavy atom. The normalized spacial score (nSPS) is 39.0. The second-order valence-electron chi connectivity index (χ2n) is 10.3. The highest BCUT2D eigenvalue weighted by molar-refractivity contribution is 6.13. The molecule has 0 radical (unpaired) electrons. The molecule has 1 aromatic rings. The van der Waals surface area contributed by atoms with Crippen molar-refractivity contribution in [3.63, 3.8) is 0 Å². The summed E-state index contributed by atoms with van der Waals surface area (Å²) in [7, 11) is 0. The van der Waals surface area contributed by atoms with Crippen molar-refractivity contribution in [1.82, 2.24) is 9.80 Å². The van der Waals surface area contributed by atoms with Gasteiger partial charge in [0.25, 0.3) is 11.8 Å². The minimum absolute atomic E-state index is 0. The van der Waals surface area contributed by atoms with Crippen LogP contribution in [0.1, 0.15) is 50.7 Å². The van der Waals surface area contributed by atoms with E-state index in [1.807, 2.05) is 6.07 Å². The van der Waals surface area contributed by atoms with Crippen LogP contribution >= 0.6 is 0 Å². The van der Waals surface area contributed by atoms with Crippen molar-refractivity contribution in [2.75, 3.05) is 13.1 Å². The molecule has 0 aromatic heterocycles. The molecule has 7 nitrogen and oxygen atoms in total. The molecular weight excluding hydrogens is 408 g/mol. The van der Waals surface area contributed by atoms with E-state index in [0.717, 1.165) is 36.6 Å². The quantitative estimate of drug-likeness (QED) is 0.701. The number of benzene rings is 1. The number of imide groups is 1. The number of nitrogens with zero attached hydrogens (tertiary/aromatic N) is 2. The first-order valence-corrected chi connectivity index (χ1v) is 11.5. The topological polar surface area (TPSA) is 90.3 Å². The van der Waals surface area contributed by atoms with Crippen molar-refractivity contribution in [3.05, 3.63) is 35.4 Å². The minimum atomic E-state index is -1.01. The van der Waals surface area contributed by atoms with Crippen LogP contribution in [0.4, 0.5) is 0 Å². The molecule has 2 bridgehead atoms. The molecule has 1 aromatic carbocycles. The van der Waals surface area contributed by atoms with Gasteiger partial charge in [-0.3, -0.25) is 19.4 Å². The second-order valence-corrected chi connectivity index (χ2v) is 10.3. The molecule has 3 aliphatic heterocycles. The number of carbonyl (C=O) groups is 2. The molecule has 2 amide bonds. The minimum Gasteiger partial charge on any atom is -0.504 e. The SMILES string of the molecule is C.O=C1C=CC(=O)N1[C@@H]1CC[C@@]2(O)[C@H]3Cc4ccc(O)c5c4[C@@]2(CCN3CC2CC2)[C@H]1O5. The van der Waals surface area contributed by atoms with Crippen LogP contribution in [0.2, 0.25) is 0 Å². The number of hydrogen-bond acceptors (Lipinski definition) is 6. The predicted molar refractivity (Wildman–Crippen MR) is 116 cm³/mol. The van der Waals surface area contributed by atoms with Crippen LogP contribution in [0.5, 0.6) is 11.5 Å². The van der Waals surface area contributed by atoms with Gasteiger partial charge in [-0.25, -0.2) is 0 Å². The van der Waals surface area contributed by atoms with Crippen molar-refractivity contribution in [2.24, 2.45) is 5.92 Å². The maximum atomic E-state index is 12.5. The van der Waals surface area contributed by atoms with E-state index >= 15 is 0 Å². The number of aromatic hydroxyl groups is 1. The van der Waals surface area contributed by atoms with E-state index in [1.165, 1.54) is 29.9 Å². The molecule has 2 saturated carbocycles. The number of phenolic OH excluding ortho intramolecular Hbond substituents is 1. The zero-order valence-electron chi connectivity index (χ0n) is 17.3. The van der Waals surface area contributed by atoms with Gasteiger partial charge in [-0.2, -0.15) is 0 Å². The lowest BCUT2D eigenvalue weighted by Gasteiger charge is -2.64. The van der Waals surface area contributed by atoms with Crippen LogP contribution in [0.3, 0.4) is 0 Å². The summed E-state index contributed by atoms with van der Waals surface area (Å²) in [6, 6.07) is 3.17. The monoisotopic (exact) mass is 438 g/mol. The third-order valence-corrected chi connectivity index (χ3v) is 8.91. The molecular formula is C25H30N2O5. The Labute approximate surface area is 187 Å². The lowest BCUT2D eigenvalue weighted by molar-refractivity contribution is -0.201. The first-order valence-electron chi connectivity index (χ1n) is 11.5. The van der Waals surface area contributed by atoms with Gasteiger partial charge in [0.2, 0.25) is 0 Å². The third kappa shape index (κ3) is 2.23. The van der Waals surface area contributed by atoms with E-state index in [9.17, 15) is 19.8 Å². The Morgan fingerprint density at radius 3 is 2.56 bits per heavy atom. The molecule has 1 spiro atoms. The van der Waals surface area contributed by atoms with E-state index in [0.29, 0.717) is 25.0 Å². The van der Waals surface area contributed by atoms with Crippen LogP contribution in [0.25, 0.3) is 0 Å². The summed E-state index contributed by atoms with van der Waals surface area (Å²) in [4.78, 5) is 28.9. The van der Waals surface area contributed by atoms with Crippen molar-refractivity contribution >= 4 is 11.8 Å². The number of aliphatic hydroxyl groups is 1. The predicted octanol–water partition coefficient (Wildman–Crippen LogP) is 1.89. The van der Waals surface area contributed by atoms with Gasteiger partial charge >= 0.3 is 0 Å². The van der Waals surface area contributed by atoms with Gasteiger partial charge in [-0.05, 0) is 62.6 Å². The summed E-state index contributed by atoms with van der Waals surface area (Å²) in [5, 5.41) is 23.0. The van der Waals surface area contributed by atoms with Gasteiger partial charge in [0, 0.05) is 30.3 Å². The molecule has 3 heterocycles. The Hall–Kier alpha value is -2.38.